The van der Waals surface area contributed by atoms with Gasteiger partial charge in [0.05, 0.1) is 5.56 Å². The molecule has 1 saturated heterocycles. The zero-order chi connectivity index (χ0) is 12.4. The Kier molecular flexibility index (Phi) is 3.62. The van der Waals surface area contributed by atoms with Gasteiger partial charge in [-0.15, -0.1) is 0 Å². The van der Waals surface area contributed by atoms with Gasteiger partial charge in [0.25, 0.3) is 0 Å². The molecule has 0 amide bonds. The molecule has 2 heterocycles. The first kappa shape index (κ1) is 12.3. The minimum atomic E-state index is 0.430. The predicted molar refractivity (Wildman–Crippen MR) is 75.3 cm³/mol. The van der Waals surface area contributed by atoms with Gasteiger partial charge in [-0.25, -0.2) is 4.98 Å². The van der Waals surface area contributed by atoms with Crippen LogP contribution in [0.15, 0.2) is 18.3 Å². The van der Waals surface area contributed by atoms with Gasteiger partial charge in [-0.1, -0.05) is 26.1 Å². The van der Waals surface area contributed by atoms with Crippen LogP contribution in [-0.4, -0.2) is 23.1 Å². The first-order valence-electron chi connectivity index (χ1n) is 6.07. The number of rotatable bonds is 2. The van der Waals surface area contributed by atoms with Gasteiger partial charge >= 0.3 is 0 Å². The van der Waals surface area contributed by atoms with E-state index in [0.717, 1.165) is 24.5 Å². The summed E-state index contributed by atoms with van der Waals surface area (Å²) in [6, 6.07) is 3.84. The van der Waals surface area contributed by atoms with E-state index < -0.39 is 0 Å². The van der Waals surface area contributed by atoms with Crippen molar-refractivity contribution in [2.45, 2.75) is 20.3 Å². The number of aromatic nitrogens is 1. The fourth-order valence-electron chi connectivity index (χ4n) is 2.68. The van der Waals surface area contributed by atoms with E-state index in [-0.39, 0.29) is 0 Å². The Morgan fingerprint density at radius 1 is 1.41 bits per heavy atom. The van der Waals surface area contributed by atoms with Crippen LogP contribution in [0.3, 0.4) is 0 Å². The zero-order valence-electron chi connectivity index (χ0n) is 10.4. The maximum Gasteiger partial charge on any atom is 0.138 e. The predicted octanol–water partition coefficient (Wildman–Crippen LogP) is 2.20. The SMILES string of the molecule is CC1CC(C)CN(c2ncccc2C(N)=S)C1. The number of hydrogen-bond donors (Lipinski definition) is 1. The standard InChI is InChI=1S/C13H19N3S/c1-9-6-10(2)8-16(7-9)13-11(12(14)17)4-3-5-15-13/h3-5,9-10H,6-8H2,1-2H3,(H2,14,17). The highest BCUT2D eigenvalue weighted by molar-refractivity contribution is 7.80. The van der Waals surface area contributed by atoms with Crippen LogP contribution >= 0.6 is 12.2 Å². The second-order valence-corrected chi connectivity index (χ2v) is 5.53. The third kappa shape index (κ3) is 2.75. The lowest BCUT2D eigenvalue weighted by Crippen LogP contribution is -2.40. The molecule has 1 aliphatic rings. The Hall–Kier alpha value is -1.16. The fraction of sp³-hybridized carbons (Fsp3) is 0.538. The van der Waals surface area contributed by atoms with E-state index in [1.165, 1.54) is 6.42 Å². The Labute approximate surface area is 108 Å². The first-order valence-corrected chi connectivity index (χ1v) is 6.48. The summed E-state index contributed by atoms with van der Waals surface area (Å²) in [5, 5.41) is 0. The summed E-state index contributed by atoms with van der Waals surface area (Å²) in [6.07, 6.45) is 3.09. The molecule has 1 aromatic heterocycles. The molecule has 2 N–H and O–H groups in total. The molecule has 3 nitrogen and oxygen atoms in total. The molecular formula is C13H19N3S. The second kappa shape index (κ2) is 5.00. The molecule has 92 valence electrons. The molecule has 1 aliphatic heterocycles. The van der Waals surface area contributed by atoms with E-state index in [0.29, 0.717) is 16.8 Å². The summed E-state index contributed by atoms with van der Waals surface area (Å²) in [5.74, 6) is 2.33. The van der Waals surface area contributed by atoms with E-state index in [9.17, 15) is 0 Å². The third-order valence-corrected chi connectivity index (χ3v) is 3.44. The summed E-state index contributed by atoms with van der Waals surface area (Å²) in [6.45, 7) is 6.64. The molecule has 4 heteroatoms. The average molecular weight is 249 g/mol. The smallest absolute Gasteiger partial charge is 0.138 e. The molecule has 0 aromatic carbocycles. The Bertz CT molecular complexity index is 409. The summed E-state index contributed by atoms with van der Waals surface area (Å²) < 4.78 is 0. The fourth-order valence-corrected chi connectivity index (χ4v) is 2.84. The van der Waals surface area contributed by atoms with Crippen molar-refractivity contribution >= 4 is 23.0 Å². The lowest BCUT2D eigenvalue weighted by molar-refractivity contribution is 0.355. The van der Waals surface area contributed by atoms with Crippen LogP contribution in [0, 0.1) is 11.8 Å². The van der Waals surface area contributed by atoms with Crippen LogP contribution in [0.25, 0.3) is 0 Å². The van der Waals surface area contributed by atoms with Crippen molar-refractivity contribution in [1.82, 2.24) is 4.98 Å². The monoisotopic (exact) mass is 249 g/mol. The minimum Gasteiger partial charge on any atom is -0.389 e. The van der Waals surface area contributed by atoms with Gasteiger partial charge in [0, 0.05) is 19.3 Å². The molecule has 0 bridgehead atoms. The molecule has 2 atom stereocenters. The number of hydrogen-bond acceptors (Lipinski definition) is 3. The molecule has 2 rings (SSSR count). The molecule has 2 unspecified atom stereocenters. The quantitative estimate of drug-likeness (QED) is 0.816. The van der Waals surface area contributed by atoms with Crippen molar-refractivity contribution in [1.29, 1.82) is 0 Å². The summed E-state index contributed by atoms with van der Waals surface area (Å²) >= 11 is 5.09. The van der Waals surface area contributed by atoms with Crippen LogP contribution in [0.2, 0.25) is 0 Å². The maximum atomic E-state index is 5.76. The maximum absolute atomic E-state index is 5.76. The van der Waals surface area contributed by atoms with Gasteiger partial charge in [0.2, 0.25) is 0 Å². The van der Waals surface area contributed by atoms with Gasteiger partial charge in [-0.2, -0.15) is 0 Å². The lowest BCUT2D eigenvalue weighted by atomic mass is 9.91. The number of anilines is 1. The number of thiocarbonyl (C=S) groups is 1. The molecule has 1 fully saturated rings. The van der Waals surface area contributed by atoms with Crippen molar-refractivity contribution in [3.8, 4) is 0 Å². The van der Waals surface area contributed by atoms with E-state index in [1.54, 1.807) is 6.20 Å². The van der Waals surface area contributed by atoms with Crippen molar-refractivity contribution in [3.05, 3.63) is 23.9 Å². The van der Waals surface area contributed by atoms with Crippen LogP contribution in [0.1, 0.15) is 25.8 Å². The Balaban J connectivity index is 2.30. The van der Waals surface area contributed by atoms with E-state index in [1.807, 2.05) is 12.1 Å². The molecule has 17 heavy (non-hydrogen) atoms. The van der Waals surface area contributed by atoms with Crippen molar-refractivity contribution in [2.75, 3.05) is 18.0 Å². The summed E-state index contributed by atoms with van der Waals surface area (Å²) in [7, 11) is 0. The topological polar surface area (TPSA) is 42.2 Å². The molecule has 0 spiro atoms. The van der Waals surface area contributed by atoms with Crippen LogP contribution in [0.5, 0.6) is 0 Å². The van der Waals surface area contributed by atoms with Crippen molar-refractivity contribution in [3.63, 3.8) is 0 Å². The van der Waals surface area contributed by atoms with E-state index in [2.05, 4.69) is 23.7 Å². The van der Waals surface area contributed by atoms with Crippen molar-refractivity contribution in [2.24, 2.45) is 17.6 Å². The highest BCUT2D eigenvalue weighted by Gasteiger charge is 2.24. The van der Waals surface area contributed by atoms with Crippen LogP contribution in [0.4, 0.5) is 5.82 Å². The van der Waals surface area contributed by atoms with Gasteiger partial charge in [-0.3, -0.25) is 0 Å². The van der Waals surface area contributed by atoms with Gasteiger partial charge < -0.3 is 10.6 Å². The zero-order valence-corrected chi connectivity index (χ0v) is 11.2. The Morgan fingerprint density at radius 3 is 2.65 bits per heavy atom. The number of nitrogens with two attached hydrogens (primary N) is 1. The highest BCUT2D eigenvalue weighted by atomic mass is 32.1. The summed E-state index contributed by atoms with van der Waals surface area (Å²) in [4.78, 5) is 7.19. The third-order valence-electron chi connectivity index (χ3n) is 3.22. The number of nitrogens with zero attached hydrogens (tertiary/aromatic N) is 2. The second-order valence-electron chi connectivity index (χ2n) is 5.09. The van der Waals surface area contributed by atoms with Crippen LogP contribution < -0.4 is 10.6 Å². The van der Waals surface area contributed by atoms with Gasteiger partial charge in [0.1, 0.15) is 10.8 Å². The van der Waals surface area contributed by atoms with Crippen molar-refractivity contribution < 1.29 is 0 Å². The average Bonchev–Trinajstić information content (AvgIpc) is 2.27. The molecule has 1 aromatic rings. The lowest BCUT2D eigenvalue weighted by Gasteiger charge is -2.36. The van der Waals surface area contributed by atoms with Gasteiger partial charge in [-0.05, 0) is 30.4 Å². The van der Waals surface area contributed by atoms with E-state index >= 15 is 0 Å². The molecule has 0 saturated carbocycles. The van der Waals surface area contributed by atoms with E-state index in [4.69, 9.17) is 18.0 Å². The van der Waals surface area contributed by atoms with Gasteiger partial charge in [0.15, 0.2) is 0 Å². The Morgan fingerprint density at radius 2 is 2.06 bits per heavy atom. The molecule has 0 radical (unpaired) electrons. The largest absolute Gasteiger partial charge is 0.389 e. The highest BCUT2D eigenvalue weighted by Crippen LogP contribution is 2.26. The number of piperidine rings is 1. The minimum absolute atomic E-state index is 0.430. The number of pyridine rings is 1. The molecular weight excluding hydrogens is 230 g/mol. The van der Waals surface area contributed by atoms with Crippen LogP contribution in [-0.2, 0) is 0 Å². The molecule has 0 aliphatic carbocycles. The summed E-state index contributed by atoms with van der Waals surface area (Å²) in [5.41, 5.74) is 6.65. The normalized spacial score (nSPS) is 24.7. The first-order chi connectivity index (χ1) is 8.08.